The molecular weight excluding hydrogens is 520 g/mol. The van der Waals surface area contributed by atoms with Gasteiger partial charge in [-0.15, -0.1) is 0 Å². The molecule has 1 aliphatic rings. The summed E-state index contributed by atoms with van der Waals surface area (Å²) in [7, 11) is 0. The van der Waals surface area contributed by atoms with Crippen LogP contribution in [0.25, 0.3) is 0 Å². The Kier molecular flexibility index (Phi) is 10.3. The van der Waals surface area contributed by atoms with Gasteiger partial charge in [-0.2, -0.15) is 0 Å². The zero-order valence-corrected chi connectivity index (χ0v) is 22.7. The molecule has 1 fully saturated rings. The Hall–Kier alpha value is -3.85. The van der Waals surface area contributed by atoms with Crippen LogP contribution in [0.4, 0.5) is 0 Å². The summed E-state index contributed by atoms with van der Waals surface area (Å²) in [4.78, 5) is 13.4. The van der Waals surface area contributed by atoms with Crippen LogP contribution in [0.2, 0.25) is 0 Å². The quantitative estimate of drug-likeness (QED) is 0.241. The van der Waals surface area contributed by atoms with E-state index in [1.807, 2.05) is 121 Å². The van der Waals surface area contributed by atoms with Gasteiger partial charge in [-0.3, -0.25) is 0 Å². The highest BCUT2D eigenvalue weighted by molar-refractivity contribution is 5.76. The van der Waals surface area contributed by atoms with Crippen LogP contribution in [0, 0.1) is 0 Å². The van der Waals surface area contributed by atoms with Crippen LogP contribution in [-0.2, 0) is 54.9 Å². The molecule has 0 saturated carbocycles. The van der Waals surface area contributed by atoms with Crippen molar-refractivity contribution in [3.05, 3.63) is 144 Å². The molecule has 1 N–H and O–H groups in total. The highest BCUT2D eigenvalue weighted by Gasteiger charge is 2.51. The second-order valence-electron chi connectivity index (χ2n) is 9.82. The summed E-state index contributed by atoms with van der Waals surface area (Å²) >= 11 is 0. The Morgan fingerprint density at radius 1 is 0.537 bits per heavy atom. The fourth-order valence-electron chi connectivity index (χ4n) is 4.68. The van der Waals surface area contributed by atoms with Crippen molar-refractivity contribution in [1.29, 1.82) is 0 Å². The van der Waals surface area contributed by atoms with Gasteiger partial charge < -0.3 is 28.8 Å². The van der Waals surface area contributed by atoms with Gasteiger partial charge in [0.15, 0.2) is 12.4 Å². The van der Waals surface area contributed by atoms with E-state index in [2.05, 4.69) is 0 Å². The van der Waals surface area contributed by atoms with Crippen LogP contribution in [0.3, 0.4) is 0 Å². The Labute approximate surface area is 240 Å². The molecule has 1 aliphatic heterocycles. The lowest BCUT2D eigenvalue weighted by Crippen LogP contribution is -2.62. The van der Waals surface area contributed by atoms with Crippen LogP contribution in [0.1, 0.15) is 22.3 Å². The lowest BCUT2D eigenvalue weighted by Gasteiger charge is -2.43. The number of esters is 1. The molecule has 41 heavy (non-hydrogen) atoms. The summed E-state index contributed by atoms with van der Waals surface area (Å²) in [6, 6.07) is 38.3. The van der Waals surface area contributed by atoms with E-state index in [0.717, 1.165) is 22.3 Å². The maximum atomic E-state index is 13.4. The molecule has 7 heteroatoms. The van der Waals surface area contributed by atoms with Crippen molar-refractivity contribution < 1.29 is 33.6 Å². The summed E-state index contributed by atoms with van der Waals surface area (Å²) < 4.78 is 30.4. The molecule has 1 saturated heterocycles. The van der Waals surface area contributed by atoms with Crippen molar-refractivity contribution in [3.63, 3.8) is 0 Å². The number of carbonyl (C=O) groups is 1. The first kappa shape index (κ1) is 28.7. The van der Waals surface area contributed by atoms with Gasteiger partial charge in [0.1, 0.15) is 24.9 Å². The van der Waals surface area contributed by atoms with E-state index < -0.39 is 36.7 Å². The summed E-state index contributed by atoms with van der Waals surface area (Å²) in [5, 5.41) is 11.1. The third kappa shape index (κ3) is 8.10. The van der Waals surface area contributed by atoms with Crippen LogP contribution in [0.5, 0.6) is 0 Å². The predicted molar refractivity (Wildman–Crippen MR) is 152 cm³/mol. The highest BCUT2D eigenvalue weighted by atomic mass is 16.7. The molecule has 0 aliphatic carbocycles. The smallest absolute Gasteiger partial charge is 0.338 e. The molecule has 4 aromatic carbocycles. The van der Waals surface area contributed by atoms with Gasteiger partial charge in [0.25, 0.3) is 0 Å². The SMILES string of the molecule is O=C(OCc1ccccc1)[C@H]1O[C@@H](O)[C@H](OCc2ccccc2)[C@@H](OCc2ccccc2)[C@@H]1OCc1ccccc1. The standard InChI is InChI=1S/C34H34O7/c35-33(40-24-28-19-11-4-12-20-28)32-30(38-22-26-15-7-2-8-16-26)29(37-21-25-13-5-1-6-14-25)31(34(36)41-32)39-23-27-17-9-3-10-18-27/h1-20,29-32,34,36H,21-24H2/t29-,30-,31+,32-,34+/m0/s1. The summed E-state index contributed by atoms with van der Waals surface area (Å²) in [6.07, 6.45) is -5.40. The minimum atomic E-state index is -1.45. The zero-order chi connectivity index (χ0) is 28.3. The first-order valence-corrected chi connectivity index (χ1v) is 13.7. The van der Waals surface area contributed by atoms with E-state index >= 15 is 0 Å². The Balaban J connectivity index is 1.40. The molecule has 0 amide bonds. The molecule has 212 valence electrons. The third-order valence-corrected chi connectivity index (χ3v) is 6.83. The first-order valence-electron chi connectivity index (χ1n) is 13.7. The number of benzene rings is 4. The maximum absolute atomic E-state index is 13.4. The van der Waals surface area contributed by atoms with Crippen molar-refractivity contribution >= 4 is 5.97 Å². The van der Waals surface area contributed by atoms with E-state index in [0.29, 0.717) is 0 Å². The van der Waals surface area contributed by atoms with E-state index in [1.165, 1.54) is 0 Å². The van der Waals surface area contributed by atoms with Crippen molar-refractivity contribution in [2.24, 2.45) is 0 Å². The average molecular weight is 555 g/mol. The summed E-state index contributed by atoms with van der Waals surface area (Å²) in [6.45, 7) is 0.695. The van der Waals surface area contributed by atoms with Gasteiger partial charge in [-0.25, -0.2) is 4.79 Å². The van der Waals surface area contributed by atoms with E-state index in [1.54, 1.807) is 0 Å². The summed E-state index contributed by atoms with van der Waals surface area (Å²) in [5.41, 5.74) is 3.60. The van der Waals surface area contributed by atoms with Gasteiger partial charge in [0.05, 0.1) is 19.8 Å². The molecule has 7 nitrogen and oxygen atoms in total. The van der Waals surface area contributed by atoms with Crippen molar-refractivity contribution in [2.45, 2.75) is 57.1 Å². The number of carbonyl (C=O) groups excluding carboxylic acids is 1. The monoisotopic (exact) mass is 554 g/mol. The highest BCUT2D eigenvalue weighted by Crippen LogP contribution is 2.30. The molecule has 0 aromatic heterocycles. The lowest BCUT2D eigenvalue weighted by molar-refractivity contribution is -0.309. The first-order chi connectivity index (χ1) is 20.2. The molecule has 0 spiro atoms. The molecule has 5 atom stereocenters. The molecule has 0 bridgehead atoms. The number of hydrogen-bond acceptors (Lipinski definition) is 7. The second kappa shape index (κ2) is 14.7. The van der Waals surface area contributed by atoms with E-state index in [-0.39, 0.29) is 26.4 Å². The number of ether oxygens (including phenoxy) is 5. The molecule has 5 rings (SSSR count). The number of hydrogen-bond donors (Lipinski definition) is 1. The Morgan fingerprint density at radius 2 is 0.902 bits per heavy atom. The molecule has 0 radical (unpaired) electrons. The second-order valence-corrected chi connectivity index (χ2v) is 9.82. The van der Waals surface area contributed by atoms with Gasteiger partial charge in [0.2, 0.25) is 0 Å². The lowest BCUT2D eigenvalue weighted by atomic mass is 9.97. The normalized spacial score (nSPS) is 22.2. The third-order valence-electron chi connectivity index (χ3n) is 6.83. The van der Waals surface area contributed by atoms with Crippen LogP contribution in [0.15, 0.2) is 121 Å². The van der Waals surface area contributed by atoms with E-state index in [4.69, 9.17) is 23.7 Å². The average Bonchev–Trinajstić information content (AvgIpc) is 3.03. The maximum Gasteiger partial charge on any atom is 0.338 e. The minimum Gasteiger partial charge on any atom is -0.459 e. The van der Waals surface area contributed by atoms with Gasteiger partial charge in [-0.1, -0.05) is 121 Å². The van der Waals surface area contributed by atoms with Crippen molar-refractivity contribution in [2.75, 3.05) is 0 Å². The fraction of sp³-hybridized carbons (Fsp3) is 0.265. The minimum absolute atomic E-state index is 0.0600. The molecule has 0 unspecified atom stereocenters. The zero-order valence-electron chi connectivity index (χ0n) is 22.7. The molecule has 1 heterocycles. The van der Waals surface area contributed by atoms with Gasteiger partial charge in [0, 0.05) is 0 Å². The molecular formula is C34H34O7. The topological polar surface area (TPSA) is 83.5 Å². The largest absolute Gasteiger partial charge is 0.459 e. The van der Waals surface area contributed by atoms with Crippen LogP contribution >= 0.6 is 0 Å². The van der Waals surface area contributed by atoms with Crippen molar-refractivity contribution in [1.82, 2.24) is 0 Å². The van der Waals surface area contributed by atoms with Crippen LogP contribution in [-0.4, -0.2) is 41.8 Å². The number of aliphatic hydroxyl groups is 1. The Morgan fingerprint density at radius 3 is 1.34 bits per heavy atom. The van der Waals surface area contributed by atoms with Crippen molar-refractivity contribution in [3.8, 4) is 0 Å². The number of aliphatic hydroxyl groups excluding tert-OH is 1. The Bertz CT molecular complexity index is 1320. The molecule has 4 aromatic rings. The summed E-state index contributed by atoms with van der Waals surface area (Å²) in [5.74, 6) is -0.652. The fourth-order valence-corrected chi connectivity index (χ4v) is 4.68. The van der Waals surface area contributed by atoms with Crippen LogP contribution < -0.4 is 0 Å². The van der Waals surface area contributed by atoms with Gasteiger partial charge in [-0.05, 0) is 22.3 Å². The van der Waals surface area contributed by atoms with E-state index in [9.17, 15) is 9.90 Å². The van der Waals surface area contributed by atoms with Gasteiger partial charge >= 0.3 is 5.97 Å². The number of rotatable bonds is 12. The predicted octanol–water partition coefficient (Wildman–Crippen LogP) is 5.20.